The highest BCUT2D eigenvalue weighted by atomic mass is 35.5. The molecule has 0 saturated carbocycles. The van der Waals surface area contributed by atoms with Gasteiger partial charge in [0, 0.05) is 10.9 Å². The van der Waals surface area contributed by atoms with Crippen LogP contribution >= 0.6 is 11.6 Å². The first-order valence-electron chi connectivity index (χ1n) is 5.58. The molecule has 1 aliphatic carbocycles. The number of rotatable bonds is 2. The summed E-state index contributed by atoms with van der Waals surface area (Å²) in [5, 5.41) is 2.92. The molecule has 1 aromatic carbocycles. The Balaban J connectivity index is 2.05. The van der Waals surface area contributed by atoms with E-state index < -0.39 is 5.82 Å². The highest BCUT2D eigenvalue weighted by Gasteiger charge is 2.19. The van der Waals surface area contributed by atoms with Crippen LogP contribution < -0.4 is 5.32 Å². The number of hydrogen-bond acceptors (Lipinski definition) is 1. The van der Waals surface area contributed by atoms with E-state index in [0.29, 0.717) is 5.02 Å². The van der Waals surface area contributed by atoms with E-state index in [0.717, 1.165) is 19.3 Å². The first kappa shape index (κ1) is 12.1. The average Bonchev–Trinajstić information content (AvgIpc) is 2.34. The third-order valence-electron chi connectivity index (χ3n) is 2.83. The second-order valence-corrected chi connectivity index (χ2v) is 4.53. The fourth-order valence-corrected chi connectivity index (χ4v) is 2.02. The summed E-state index contributed by atoms with van der Waals surface area (Å²) in [5.41, 5.74) is 0.189. The van der Waals surface area contributed by atoms with Crippen molar-refractivity contribution in [1.29, 1.82) is 0 Å². The maximum Gasteiger partial charge on any atom is 0.227 e. The van der Waals surface area contributed by atoms with Gasteiger partial charge in [-0.05, 0) is 37.5 Å². The maximum atomic E-state index is 13.5. The van der Waals surface area contributed by atoms with Crippen molar-refractivity contribution < 1.29 is 9.18 Å². The SMILES string of the molecule is O=C(Nc1ccc(Cl)cc1F)C1CC=CCC1. The minimum Gasteiger partial charge on any atom is -0.323 e. The summed E-state index contributed by atoms with van der Waals surface area (Å²) >= 11 is 5.64. The Hall–Kier alpha value is -1.35. The molecule has 1 aromatic rings. The smallest absolute Gasteiger partial charge is 0.227 e. The first-order chi connectivity index (χ1) is 8.16. The van der Waals surface area contributed by atoms with Gasteiger partial charge in [-0.3, -0.25) is 4.79 Å². The average molecular weight is 254 g/mol. The molecule has 1 atom stereocenters. The zero-order valence-electron chi connectivity index (χ0n) is 9.25. The van der Waals surface area contributed by atoms with Crippen molar-refractivity contribution in [3.63, 3.8) is 0 Å². The van der Waals surface area contributed by atoms with Crippen LogP contribution in [0.15, 0.2) is 30.4 Å². The lowest BCUT2D eigenvalue weighted by molar-refractivity contribution is -0.120. The molecule has 0 bridgehead atoms. The molecule has 0 radical (unpaired) electrons. The predicted octanol–water partition coefficient (Wildman–Crippen LogP) is 3.77. The van der Waals surface area contributed by atoms with Gasteiger partial charge in [-0.2, -0.15) is 0 Å². The Morgan fingerprint density at radius 3 is 2.88 bits per heavy atom. The van der Waals surface area contributed by atoms with Gasteiger partial charge in [0.2, 0.25) is 5.91 Å². The number of carbonyl (C=O) groups is 1. The molecule has 90 valence electrons. The Bertz CT molecular complexity index is 459. The summed E-state index contributed by atoms with van der Waals surface area (Å²) in [5.74, 6) is -0.692. The van der Waals surface area contributed by atoms with Crippen molar-refractivity contribution >= 4 is 23.2 Å². The second-order valence-electron chi connectivity index (χ2n) is 4.09. The fourth-order valence-electron chi connectivity index (χ4n) is 1.86. The van der Waals surface area contributed by atoms with Gasteiger partial charge in [-0.1, -0.05) is 23.8 Å². The van der Waals surface area contributed by atoms with E-state index in [1.165, 1.54) is 12.1 Å². The van der Waals surface area contributed by atoms with Crippen molar-refractivity contribution in [2.24, 2.45) is 5.92 Å². The van der Waals surface area contributed by atoms with Crippen LogP contribution in [0.25, 0.3) is 0 Å². The van der Waals surface area contributed by atoms with Crippen molar-refractivity contribution in [3.05, 3.63) is 41.2 Å². The minimum atomic E-state index is -0.503. The topological polar surface area (TPSA) is 29.1 Å². The van der Waals surface area contributed by atoms with E-state index in [-0.39, 0.29) is 17.5 Å². The maximum absolute atomic E-state index is 13.5. The zero-order chi connectivity index (χ0) is 12.3. The molecule has 1 unspecified atom stereocenters. The van der Waals surface area contributed by atoms with Gasteiger partial charge in [0.15, 0.2) is 0 Å². The van der Waals surface area contributed by atoms with Crippen LogP contribution in [-0.4, -0.2) is 5.91 Å². The fraction of sp³-hybridized carbons (Fsp3) is 0.308. The van der Waals surface area contributed by atoms with Gasteiger partial charge in [0.05, 0.1) is 5.69 Å². The number of allylic oxidation sites excluding steroid dienone is 2. The molecule has 1 amide bonds. The summed E-state index contributed by atoms with van der Waals surface area (Å²) in [4.78, 5) is 11.9. The first-order valence-corrected chi connectivity index (χ1v) is 5.95. The number of amides is 1. The lowest BCUT2D eigenvalue weighted by Gasteiger charge is -2.17. The molecule has 0 saturated heterocycles. The normalized spacial score (nSPS) is 19.1. The molecule has 0 spiro atoms. The highest BCUT2D eigenvalue weighted by Crippen LogP contribution is 2.23. The van der Waals surface area contributed by atoms with E-state index in [9.17, 15) is 9.18 Å². The monoisotopic (exact) mass is 253 g/mol. The van der Waals surface area contributed by atoms with Crippen molar-refractivity contribution in [2.75, 3.05) is 5.32 Å². The molecule has 2 rings (SSSR count). The van der Waals surface area contributed by atoms with E-state index in [1.807, 2.05) is 6.08 Å². The summed E-state index contributed by atoms with van der Waals surface area (Å²) in [6, 6.07) is 4.23. The molecule has 1 N–H and O–H groups in total. The third kappa shape index (κ3) is 3.07. The van der Waals surface area contributed by atoms with Crippen molar-refractivity contribution in [3.8, 4) is 0 Å². The van der Waals surface area contributed by atoms with Crippen LogP contribution in [0.1, 0.15) is 19.3 Å². The van der Waals surface area contributed by atoms with Crippen LogP contribution in [-0.2, 0) is 4.79 Å². The Morgan fingerprint density at radius 1 is 1.41 bits per heavy atom. The quantitative estimate of drug-likeness (QED) is 0.799. The Labute approximate surface area is 104 Å². The summed E-state index contributed by atoms with van der Waals surface area (Å²) in [7, 11) is 0. The lowest BCUT2D eigenvalue weighted by Crippen LogP contribution is -2.23. The summed E-state index contributed by atoms with van der Waals surface area (Å²) < 4.78 is 13.5. The molecule has 0 heterocycles. The van der Waals surface area contributed by atoms with Gasteiger partial charge in [0.1, 0.15) is 5.82 Å². The van der Waals surface area contributed by atoms with E-state index >= 15 is 0 Å². The van der Waals surface area contributed by atoms with Gasteiger partial charge in [-0.25, -0.2) is 4.39 Å². The number of hydrogen-bond donors (Lipinski definition) is 1. The van der Waals surface area contributed by atoms with E-state index in [2.05, 4.69) is 11.4 Å². The van der Waals surface area contributed by atoms with Crippen molar-refractivity contribution in [1.82, 2.24) is 0 Å². The zero-order valence-corrected chi connectivity index (χ0v) is 10.0. The van der Waals surface area contributed by atoms with Crippen LogP contribution in [0.4, 0.5) is 10.1 Å². The molecule has 0 fully saturated rings. The van der Waals surface area contributed by atoms with Crippen molar-refractivity contribution in [2.45, 2.75) is 19.3 Å². The second kappa shape index (κ2) is 5.32. The molecule has 0 aromatic heterocycles. The summed E-state index contributed by atoms with van der Waals surface area (Å²) in [6.07, 6.45) is 6.50. The van der Waals surface area contributed by atoms with E-state index in [1.54, 1.807) is 6.07 Å². The van der Waals surface area contributed by atoms with Gasteiger partial charge >= 0.3 is 0 Å². The molecular formula is C13H13ClFNO. The number of halogens is 2. The molecular weight excluding hydrogens is 241 g/mol. The third-order valence-corrected chi connectivity index (χ3v) is 3.06. The number of anilines is 1. The summed E-state index contributed by atoms with van der Waals surface area (Å²) in [6.45, 7) is 0. The predicted molar refractivity (Wildman–Crippen MR) is 66.5 cm³/mol. The van der Waals surface area contributed by atoms with Crippen LogP contribution in [0.2, 0.25) is 5.02 Å². The highest BCUT2D eigenvalue weighted by molar-refractivity contribution is 6.30. The van der Waals surface area contributed by atoms with Crippen LogP contribution in [0.3, 0.4) is 0 Å². The number of nitrogens with one attached hydrogen (secondary N) is 1. The molecule has 4 heteroatoms. The molecule has 17 heavy (non-hydrogen) atoms. The van der Waals surface area contributed by atoms with E-state index in [4.69, 9.17) is 11.6 Å². The lowest BCUT2D eigenvalue weighted by atomic mass is 9.93. The standard InChI is InChI=1S/C13H13ClFNO/c14-10-6-7-12(11(15)8-10)16-13(17)9-4-2-1-3-5-9/h1-2,6-9H,3-5H2,(H,16,17). The van der Waals surface area contributed by atoms with Crippen LogP contribution in [0, 0.1) is 11.7 Å². The minimum absolute atomic E-state index is 0.0601. The Kier molecular flexibility index (Phi) is 3.79. The molecule has 1 aliphatic rings. The largest absolute Gasteiger partial charge is 0.323 e. The van der Waals surface area contributed by atoms with Gasteiger partial charge in [-0.15, -0.1) is 0 Å². The van der Waals surface area contributed by atoms with Crippen LogP contribution in [0.5, 0.6) is 0 Å². The van der Waals surface area contributed by atoms with Gasteiger partial charge in [0.25, 0.3) is 0 Å². The molecule has 2 nitrogen and oxygen atoms in total. The Morgan fingerprint density at radius 2 is 2.24 bits per heavy atom. The van der Waals surface area contributed by atoms with Gasteiger partial charge < -0.3 is 5.32 Å². The number of carbonyl (C=O) groups excluding carboxylic acids is 1. The molecule has 0 aliphatic heterocycles. The number of benzene rings is 1.